The zero-order valence-corrected chi connectivity index (χ0v) is 10.8. The predicted octanol–water partition coefficient (Wildman–Crippen LogP) is 3.61. The van der Waals surface area contributed by atoms with Crippen LogP contribution in [-0.2, 0) is 0 Å². The maximum atomic E-state index is 13.9. The number of rotatable bonds is 2. The Kier molecular flexibility index (Phi) is 3.03. The van der Waals surface area contributed by atoms with E-state index < -0.39 is 0 Å². The molecule has 0 spiro atoms. The number of hydrogen-bond acceptors (Lipinski definition) is 2. The summed E-state index contributed by atoms with van der Waals surface area (Å²) in [5.41, 5.74) is 2.82. The van der Waals surface area contributed by atoms with Crippen LogP contribution in [0.25, 0.3) is 0 Å². The molecule has 1 aliphatic heterocycles. The molecule has 0 N–H and O–H groups in total. The third-order valence-electron chi connectivity index (χ3n) is 3.49. The highest BCUT2D eigenvalue weighted by Gasteiger charge is 2.27. The monoisotopic (exact) mass is 254 g/mol. The molecule has 96 valence electrons. The highest BCUT2D eigenvalue weighted by Crippen LogP contribution is 2.32. The summed E-state index contributed by atoms with van der Waals surface area (Å²) >= 11 is 0. The van der Waals surface area contributed by atoms with Gasteiger partial charge in [0.1, 0.15) is 5.82 Å². The van der Waals surface area contributed by atoms with Gasteiger partial charge in [-0.25, -0.2) is 4.39 Å². The van der Waals surface area contributed by atoms with E-state index in [4.69, 9.17) is 0 Å². The predicted molar refractivity (Wildman–Crippen MR) is 74.5 cm³/mol. The van der Waals surface area contributed by atoms with E-state index in [0.717, 1.165) is 17.7 Å². The van der Waals surface area contributed by atoms with Gasteiger partial charge in [0.2, 0.25) is 0 Å². The molecule has 0 saturated heterocycles. The van der Waals surface area contributed by atoms with Crippen LogP contribution in [0.4, 0.5) is 4.39 Å². The van der Waals surface area contributed by atoms with E-state index in [1.54, 1.807) is 6.07 Å². The summed E-state index contributed by atoms with van der Waals surface area (Å²) < 4.78 is 13.9. The minimum absolute atomic E-state index is 0.0172. The van der Waals surface area contributed by atoms with Gasteiger partial charge in [-0.15, -0.1) is 0 Å². The molecular formula is C16H15FN2. The lowest BCUT2D eigenvalue weighted by atomic mass is 9.98. The van der Waals surface area contributed by atoms with Gasteiger partial charge in [0.05, 0.1) is 11.8 Å². The Morgan fingerprint density at radius 2 is 1.74 bits per heavy atom. The van der Waals surface area contributed by atoms with Crippen molar-refractivity contribution in [3.8, 4) is 0 Å². The van der Waals surface area contributed by atoms with Gasteiger partial charge in [-0.3, -0.25) is 5.01 Å². The first-order chi connectivity index (χ1) is 9.25. The van der Waals surface area contributed by atoms with Gasteiger partial charge in [0.25, 0.3) is 0 Å². The van der Waals surface area contributed by atoms with Crippen molar-refractivity contribution in [2.45, 2.75) is 12.5 Å². The second-order valence-electron chi connectivity index (χ2n) is 4.73. The zero-order valence-electron chi connectivity index (χ0n) is 10.8. The number of hydrazone groups is 1. The maximum absolute atomic E-state index is 13.9. The Hall–Kier alpha value is -2.16. The van der Waals surface area contributed by atoms with Crippen LogP contribution in [0.5, 0.6) is 0 Å². The van der Waals surface area contributed by atoms with Crippen LogP contribution in [0, 0.1) is 5.82 Å². The van der Waals surface area contributed by atoms with Crippen LogP contribution in [0.15, 0.2) is 59.7 Å². The molecule has 2 aromatic rings. The smallest absolute Gasteiger partial charge is 0.128 e. The Morgan fingerprint density at radius 3 is 2.47 bits per heavy atom. The standard InChI is InChI=1S/C16H15FN2/c1-19-16(13-9-5-6-10-14(13)17)11-15(18-19)12-7-3-2-4-8-12/h2-10,16H,11H2,1H3. The fourth-order valence-corrected chi connectivity index (χ4v) is 2.48. The van der Waals surface area contributed by atoms with Crippen molar-refractivity contribution in [2.24, 2.45) is 5.10 Å². The molecule has 3 rings (SSSR count). The third kappa shape index (κ3) is 2.24. The minimum atomic E-state index is -0.163. The average Bonchev–Trinajstić information content (AvgIpc) is 2.82. The molecule has 0 bridgehead atoms. The lowest BCUT2D eigenvalue weighted by Gasteiger charge is -2.19. The Bertz CT molecular complexity index is 607. The quantitative estimate of drug-likeness (QED) is 0.799. The van der Waals surface area contributed by atoms with Crippen LogP contribution in [-0.4, -0.2) is 17.8 Å². The first-order valence-corrected chi connectivity index (χ1v) is 6.36. The van der Waals surface area contributed by atoms with Gasteiger partial charge in [-0.2, -0.15) is 5.10 Å². The number of halogens is 1. The Labute approximate surface area is 112 Å². The Morgan fingerprint density at radius 1 is 1.05 bits per heavy atom. The topological polar surface area (TPSA) is 15.6 Å². The van der Waals surface area contributed by atoms with Crippen molar-refractivity contribution >= 4 is 5.71 Å². The van der Waals surface area contributed by atoms with E-state index in [-0.39, 0.29) is 11.9 Å². The van der Waals surface area contributed by atoms with Gasteiger partial charge in [0, 0.05) is 19.0 Å². The fraction of sp³-hybridized carbons (Fsp3) is 0.188. The van der Waals surface area contributed by atoms with E-state index in [0.29, 0.717) is 5.56 Å². The summed E-state index contributed by atoms with van der Waals surface area (Å²) in [6.45, 7) is 0. The van der Waals surface area contributed by atoms with Gasteiger partial charge in [-0.1, -0.05) is 48.5 Å². The normalized spacial score (nSPS) is 18.5. The van der Waals surface area contributed by atoms with E-state index in [9.17, 15) is 4.39 Å². The van der Waals surface area contributed by atoms with Crippen LogP contribution in [0.2, 0.25) is 0 Å². The highest BCUT2D eigenvalue weighted by atomic mass is 19.1. The van der Waals surface area contributed by atoms with Crippen molar-refractivity contribution in [1.82, 2.24) is 5.01 Å². The molecule has 0 radical (unpaired) electrons. The van der Waals surface area contributed by atoms with E-state index in [1.165, 1.54) is 6.07 Å². The molecule has 1 aliphatic rings. The van der Waals surface area contributed by atoms with Crippen molar-refractivity contribution < 1.29 is 4.39 Å². The molecule has 0 aliphatic carbocycles. The SMILES string of the molecule is CN1N=C(c2ccccc2)CC1c1ccccc1F. The molecule has 3 heteroatoms. The average molecular weight is 254 g/mol. The third-order valence-corrected chi connectivity index (χ3v) is 3.49. The largest absolute Gasteiger partial charge is 0.292 e. The van der Waals surface area contributed by atoms with E-state index in [1.807, 2.05) is 54.5 Å². The molecule has 19 heavy (non-hydrogen) atoms. The van der Waals surface area contributed by atoms with Crippen molar-refractivity contribution in [3.63, 3.8) is 0 Å². The molecule has 0 amide bonds. The molecule has 1 atom stereocenters. The summed E-state index contributed by atoms with van der Waals surface area (Å²) in [4.78, 5) is 0. The van der Waals surface area contributed by atoms with Crippen LogP contribution in [0.1, 0.15) is 23.6 Å². The molecule has 2 aromatic carbocycles. The maximum Gasteiger partial charge on any atom is 0.128 e. The fourth-order valence-electron chi connectivity index (χ4n) is 2.48. The molecule has 0 saturated carbocycles. The minimum Gasteiger partial charge on any atom is -0.292 e. The van der Waals surface area contributed by atoms with E-state index >= 15 is 0 Å². The summed E-state index contributed by atoms with van der Waals surface area (Å²) in [5.74, 6) is -0.163. The van der Waals surface area contributed by atoms with Crippen LogP contribution < -0.4 is 0 Å². The lowest BCUT2D eigenvalue weighted by molar-refractivity contribution is 0.283. The number of benzene rings is 2. The van der Waals surface area contributed by atoms with Gasteiger partial charge in [-0.05, 0) is 11.6 Å². The van der Waals surface area contributed by atoms with Crippen molar-refractivity contribution in [1.29, 1.82) is 0 Å². The zero-order chi connectivity index (χ0) is 13.2. The second-order valence-corrected chi connectivity index (χ2v) is 4.73. The molecule has 2 nitrogen and oxygen atoms in total. The molecule has 1 unspecified atom stereocenters. The van der Waals surface area contributed by atoms with Gasteiger partial charge >= 0.3 is 0 Å². The first-order valence-electron chi connectivity index (χ1n) is 6.36. The van der Waals surface area contributed by atoms with Crippen molar-refractivity contribution in [3.05, 3.63) is 71.5 Å². The van der Waals surface area contributed by atoms with E-state index in [2.05, 4.69) is 5.10 Å². The Balaban J connectivity index is 1.89. The van der Waals surface area contributed by atoms with Crippen LogP contribution >= 0.6 is 0 Å². The second kappa shape index (κ2) is 4.84. The molecule has 0 fully saturated rings. The molecular weight excluding hydrogens is 239 g/mol. The number of hydrogen-bond donors (Lipinski definition) is 0. The van der Waals surface area contributed by atoms with Gasteiger partial charge < -0.3 is 0 Å². The first kappa shape index (κ1) is 11.9. The van der Waals surface area contributed by atoms with Crippen molar-refractivity contribution in [2.75, 3.05) is 7.05 Å². The molecule has 1 heterocycles. The summed E-state index contributed by atoms with van der Waals surface area (Å²) in [6.07, 6.45) is 0.738. The number of nitrogens with zero attached hydrogens (tertiary/aromatic N) is 2. The summed E-state index contributed by atoms with van der Waals surface area (Å²) in [7, 11) is 1.90. The lowest BCUT2D eigenvalue weighted by Crippen LogP contribution is -2.15. The van der Waals surface area contributed by atoms with Crippen LogP contribution in [0.3, 0.4) is 0 Å². The molecule has 0 aromatic heterocycles. The highest BCUT2D eigenvalue weighted by molar-refractivity contribution is 6.01. The summed E-state index contributed by atoms with van der Waals surface area (Å²) in [6, 6.07) is 17.0. The summed E-state index contributed by atoms with van der Waals surface area (Å²) in [5, 5.41) is 6.39. The van der Waals surface area contributed by atoms with Gasteiger partial charge in [0.15, 0.2) is 0 Å².